The fourth-order valence-corrected chi connectivity index (χ4v) is 5.48. The van der Waals surface area contributed by atoms with Gasteiger partial charge in [0.2, 0.25) is 6.29 Å². The molecule has 1 aliphatic carbocycles. The monoisotopic (exact) mass is 490 g/mol. The normalized spacial score (nSPS) is 31.3. The Balaban J connectivity index is 1.93. The number of ether oxygens (including phenoxy) is 3. The average molecular weight is 491 g/mol. The van der Waals surface area contributed by atoms with E-state index in [1.165, 1.54) is 18.1 Å². The molecule has 8 atom stereocenters. The van der Waals surface area contributed by atoms with Crippen molar-refractivity contribution in [3.8, 4) is 11.5 Å². The third kappa shape index (κ3) is 6.01. The molecule has 0 radical (unpaired) electrons. The van der Waals surface area contributed by atoms with Crippen molar-refractivity contribution in [1.82, 2.24) is 0 Å². The molecule has 3 rings (SSSR count). The predicted molar refractivity (Wildman–Crippen MR) is 134 cm³/mol. The van der Waals surface area contributed by atoms with E-state index in [9.17, 15) is 20.1 Å². The van der Waals surface area contributed by atoms with E-state index in [4.69, 9.17) is 14.2 Å². The quantitative estimate of drug-likeness (QED) is 0.371. The van der Waals surface area contributed by atoms with Crippen LogP contribution in [-0.4, -0.2) is 52.0 Å². The van der Waals surface area contributed by atoms with Gasteiger partial charge >= 0.3 is 5.97 Å². The molecule has 35 heavy (non-hydrogen) atoms. The summed E-state index contributed by atoms with van der Waals surface area (Å²) in [7, 11) is 0. The number of carbonyl (C=O) groups excluding carboxylic acids is 1. The standard InChI is InChI=1S/C28H42O7/c1-14(2)9-8-10-15(3)20-12-11-16(4)22-21(20)13-17(5)26(24(22)31)35-28-27(34-19(7)29)25(32)23(30)18(6)33-28/h9,13,15-16,18,20,23,25,27-28,30-32H,8,10-12H2,1-7H3. The van der Waals surface area contributed by atoms with E-state index in [0.29, 0.717) is 11.8 Å². The minimum Gasteiger partial charge on any atom is -0.504 e. The van der Waals surface area contributed by atoms with Crippen LogP contribution in [0.25, 0.3) is 0 Å². The van der Waals surface area contributed by atoms with Gasteiger partial charge in [-0.05, 0) is 82.3 Å². The second-order valence-corrected chi connectivity index (χ2v) is 10.7. The molecule has 1 aromatic carbocycles. The highest BCUT2D eigenvalue weighted by Gasteiger charge is 2.47. The molecule has 0 amide bonds. The zero-order chi connectivity index (χ0) is 26.0. The maximum Gasteiger partial charge on any atom is 0.303 e. The molecule has 7 heteroatoms. The van der Waals surface area contributed by atoms with Crippen molar-refractivity contribution in [2.45, 2.75) is 117 Å². The molecule has 0 bridgehead atoms. The third-order valence-corrected chi connectivity index (χ3v) is 7.50. The minimum absolute atomic E-state index is 0.0761. The zero-order valence-corrected chi connectivity index (χ0v) is 22.1. The van der Waals surface area contributed by atoms with E-state index in [2.05, 4.69) is 39.8 Å². The summed E-state index contributed by atoms with van der Waals surface area (Å²) in [6, 6.07) is 2.10. The summed E-state index contributed by atoms with van der Waals surface area (Å²) < 4.78 is 17.1. The largest absolute Gasteiger partial charge is 0.504 e. The second kappa shape index (κ2) is 11.3. The molecule has 0 aromatic heterocycles. The SMILES string of the molecule is CC(=O)OC1C(Oc2c(C)cc3c(c2O)C(C)CCC3C(C)CCC=C(C)C)OC(C)C(O)C1O. The summed E-state index contributed by atoms with van der Waals surface area (Å²) in [6.07, 6.45) is 0.694. The van der Waals surface area contributed by atoms with Crippen LogP contribution in [0.4, 0.5) is 0 Å². The number of benzene rings is 1. The third-order valence-electron chi connectivity index (χ3n) is 7.50. The number of phenols is 1. The summed E-state index contributed by atoms with van der Waals surface area (Å²) in [5, 5.41) is 32.1. The summed E-state index contributed by atoms with van der Waals surface area (Å²) in [5.41, 5.74) is 4.13. The Kier molecular flexibility index (Phi) is 8.89. The Morgan fingerprint density at radius 2 is 1.89 bits per heavy atom. The smallest absolute Gasteiger partial charge is 0.303 e. The molecular formula is C28H42O7. The van der Waals surface area contributed by atoms with Gasteiger partial charge in [0.05, 0.1) is 6.10 Å². The molecule has 3 N–H and O–H groups in total. The average Bonchev–Trinajstić information content (AvgIpc) is 2.76. The van der Waals surface area contributed by atoms with Crippen LogP contribution in [0.5, 0.6) is 11.5 Å². The summed E-state index contributed by atoms with van der Waals surface area (Å²) in [5.74, 6) is 0.686. The Morgan fingerprint density at radius 1 is 1.20 bits per heavy atom. The molecule has 196 valence electrons. The lowest BCUT2D eigenvalue weighted by molar-refractivity contribution is -0.273. The van der Waals surface area contributed by atoms with Crippen molar-refractivity contribution in [2.75, 3.05) is 0 Å². The molecule has 1 aromatic rings. The second-order valence-electron chi connectivity index (χ2n) is 10.7. The number of fused-ring (bicyclic) bond motifs is 1. The van der Waals surface area contributed by atoms with Gasteiger partial charge in [-0.3, -0.25) is 4.79 Å². The number of hydrogen-bond acceptors (Lipinski definition) is 7. The Hall–Kier alpha value is -2.09. The predicted octanol–water partition coefficient (Wildman–Crippen LogP) is 4.84. The first-order valence-electron chi connectivity index (χ1n) is 12.8. The first kappa shape index (κ1) is 27.5. The van der Waals surface area contributed by atoms with E-state index in [1.807, 2.05) is 6.92 Å². The molecule has 0 saturated carbocycles. The van der Waals surface area contributed by atoms with Crippen molar-refractivity contribution in [2.24, 2.45) is 5.92 Å². The van der Waals surface area contributed by atoms with Crippen molar-refractivity contribution < 1.29 is 34.3 Å². The topological polar surface area (TPSA) is 105 Å². The summed E-state index contributed by atoms with van der Waals surface area (Å²) in [4.78, 5) is 11.6. The van der Waals surface area contributed by atoms with Crippen molar-refractivity contribution in [3.63, 3.8) is 0 Å². The first-order chi connectivity index (χ1) is 16.4. The van der Waals surface area contributed by atoms with Gasteiger partial charge in [-0.15, -0.1) is 0 Å². The van der Waals surface area contributed by atoms with E-state index in [1.54, 1.807) is 6.92 Å². The lowest BCUT2D eigenvalue weighted by atomic mass is 9.70. The van der Waals surface area contributed by atoms with Gasteiger partial charge in [-0.1, -0.05) is 31.6 Å². The maximum atomic E-state index is 11.6. The number of esters is 1. The Labute approximate surface area is 209 Å². The number of aromatic hydroxyl groups is 1. The first-order valence-corrected chi connectivity index (χ1v) is 12.8. The molecule has 1 saturated heterocycles. The number of aliphatic hydroxyl groups excluding tert-OH is 2. The van der Waals surface area contributed by atoms with Crippen LogP contribution in [0.1, 0.15) is 95.8 Å². The van der Waals surface area contributed by atoms with E-state index >= 15 is 0 Å². The molecule has 1 heterocycles. The number of allylic oxidation sites excluding steroid dienone is 2. The van der Waals surface area contributed by atoms with Gasteiger partial charge in [0, 0.05) is 12.5 Å². The highest BCUT2D eigenvalue weighted by atomic mass is 16.7. The molecule has 1 aliphatic heterocycles. The Bertz CT molecular complexity index is 936. The molecule has 1 fully saturated rings. The van der Waals surface area contributed by atoms with Crippen molar-refractivity contribution >= 4 is 5.97 Å². The highest BCUT2D eigenvalue weighted by molar-refractivity contribution is 5.66. The minimum atomic E-state index is -1.38. The van der Waals surface area contributed by atoms with Crippen LogP contribution >= 0.6 is 0 Å². The number of hydrogen-bond donors (Lipinski definition) is 3. The molecule has 8 unspecified atom stereocenters. The van der Waals surface area contributed by atoms with Gasteiger partial charge in [-0.25, -0.2) is 0 Å². The van der Waals surface area contributed by atoms with Gasteiger partial charge in [0.1, 0.15) is 12.2 Å². The number of phenolic OH excluding ortho intramolecular Hbond substituents is 1. The van der Waals surface area contributed by atoms with Crippen LogP contribution in [0, 0.1) is 12.8 Å². The van der Waals surface area contributed by atoms with Crippen LogP contribution in [0.3, 0.4) is 0 Å². The molecule has 2 aliphatic rings. The van der Waals surface area contributed by atoms with Crippen LogP contribution in [0.2, 0.25) is 0 Å². The number of aliphatic hydroxyl groups is 2. The van der Waals surface area contributed by atoms with Gasteiger partial charge in [0.15, 0.2) is 17.6 Å². The molecule has 7 nitrogen and oxygen atoms in total. The van der Waals surface area contributed by atoms with E-state index < -0.39 is 36.7 Å². The van der Waals surface area contributed by atoms with Gasteiger partial charge < -0.3 is 29.5 Å². The van der Waals surface area contributed by atoms with Gasteiger partial charge in [-0.2, -0.15) is 0 Å². The van der Waals surface area contributed by atoms with Crippen LogP contribution < -0.4 is 4.74 Å². The molecular weight excluding hydrogens is 448 g/mol. The van der Waals surface area contributed by atoms with E-state index in [0.717, 1.165) is 36.8 Å². The van der Waals surface area contributed by atoms with E-state index in [-0.39, 0.29) is 17.4 Å². The summed E-state index contributed by atoms with van der Waals surface area (Å²) in [6.45, 7) is 13.3. The number of rotatable bonds is 7. The fourth-order valence-electron chi connectivity index (χ4n) is 5.48. The molecule has 0 spiro atoms. The zero-order valence-electron chi connectivity index (χ0n) is 22.1. The highest BCUT2D eigenvalue weighted by Crippen LogP contribution is 2.51. The van der Waals surface area contributed by atoms with Gasteiger partial charge in [0.25, 0.3) is 0 Å². The fraction of sp³-hybridized carbons (Fsp3) is 0.679. The lowest BCUT2D eigenvalue weighted by Gasteiger charge is -2.41. The number of aryl methyl sites for hydroxylation is 1. The lowest BCUT2D eigenvalue weighted by Crippen LogP contribution is -2.59. The number of carbonyl (C=O) groups is 1. The maximum absolute atomic E-state index is 11.6. The van der Waals surface area contributed by atoms with Crippen LogP contribution in [-0.2, 0) is 14.3 Å². The summed E-state index contributed by atoms with van der Waals surface area (Å²) >= 11 is 0. The van der Waals surface area contributed by atoms with Crippen molar-refractivity contribution in [3.05, 3.63) is 34.4 Å². The van der Waals surface area contributed by atoms with Crippen molar-refractivity contribution in [1.29, 1.82) is 0 Å². The van der Waals surface area contributed by atoms with Crippen LogP contribution in [0.15, 0.2) is 17.7 Å². The Morgan fingerprint density at radius 3 is 2.51 bits per heavy atom.